The second kappa shape index (κ2) is 6.22. The highest BCUT2D eigenvalue weighted by atomic mass is 32.1. The van der Waals surface area contributed by atoms with Crippen molar-refractivity contribution in [3.05, 3.63) is 29.3 Å². The number of nitrogens with two attached hydrogens (primary N) is 1. The largest absolute Gasteiger partial charge is 0.469 e. The van der Waals surface area contributed by atoms with Crippen LogP contribution in [0.15, 0.2) is 18.2 Å². The molecule has 5 heteroatoms. The van der Waals surface area contributed by atoms with Crippen molar-refractivity contribution in [2.24, 2.45) is 11.7 Å². The minimum absolute atomic E-state index is 0.0748. The number of hydrogen-bond acceptors (Lipinski definition) is 4. The van der Waals surface area contributed by atoms with E-state index in [4.69, 9.17) is 22.7 Å². The molecule has 1 atom stereocenters. The van der Waals surface area contributed by atoms with E-state index in [0.717, 1.165) is 36.2 Å². The lowest BCUT2D eigenvalue weighted by Gasteiger charge is -2.34. The van der Waals surface area contributed by atoms with Crippen molar-refractivity contribution in [1.29, 1.82) is 0 Å². The van der Waals surface area contributed by atoms with Crippen LogP contribution in [0.25, 0.3) is 0 Å². The number of carbonyl (C=O) groups is 1. The lowest BCUT2D eigenvalue weighted by Crippen LogP contribution is -2.40. The summed E-state index contributed by atoms with van der Waals surface area (Å²) >= 11 is 5.14. The van der Waals surface area contributed by atoms with E-state index in [9.17, 15) is 4.79 Å². The van der Waals surface area contributed by atoms with Gasteiger partial charge in [-0.2, -0.15) is 0 Å². The molecule has 1 aromatic rings. The fraction of sp³-hybridized carbons (Fsp3) is 0.467. The minimum Gasteiger partial charge on any atom is -0.469 e. The van der Waals surface area contributed by atoms with Gasteiger partial charge in [-0.25, -0.2) is 0 Å². The number of ether oxygens (including phenoxy) is 1. The number of piperidine rings is 1. The molecule has 108 valence electrons. The predicted octanol–water partition coefficient (Wildman–Crippen LogP) is 2.02. The second-order valence-corrected chi connectivity index (χ2v) is 5.63. The van der Waals surface area contributed by atoms with Crippen molar-refractivity contribution < 1.29 is 9.53 Å². The van der Waals surface area contributed by atoms with Crippen LogP contribution < -0.4 is 10.6 Å². The first-order chi connectivity index (χ1) is 9.52. The summed E-state index contributed by atoms with van der Waals surface area (Å²) in [5, 5.41) is 0. The fourth-order valence-corrected chi connectivity index (χ4v) is 2.84. The molecule has 2 N–H and O–H groups in total. The van der Waals surface area contributed by atoms with Crippen LogP contribution in [-0.2, 0) is 9.53 Å². The van der Waals surface area contributed by atoms with Crippen LogP contribution in [0.4, 0.5) is 5.69 Å². The Labute approximate surface area is 124 Å². The highest BCUT2D eigenvalue weighted by molar-refractivity contribution is 7.80. The summed E-state index contributed by atoms with van der Waals surface area (Å²) in [5.41, 5.74) is 8.84. The summed E-state index contributed by atoms with van der Waals surface area (Å²) in [6, 6.07) is 6.07. The van der Waals surface area contributed by atoms with Crippen LogP contribution in [0.2, 0.25) is 0 Å². The second-order valence-electron chi connectivity index (χ2n) is 5.19. The quantitative estimate of drug-likeness (QED) is 0.682. The molecular weight excluding hydrogens is 272 g/mol. The Kier molecular flexibility index (Phi) is 4.60. The molecule has 0 aromatic heterocycles. The van der Waals surface area contributed by atoms with Crippen molar-refractivity contribution >= 4 is 28.9 Å². The van der Waals surface area contributed by atoms with Gasteiger partial charge in [0.05, 0.1) is 13.0 Å². The molecule has 0 spiro atoms. The number of nitrogens with zero attached hydrogens (tertiary/aromatic N) is 1. The lowest BCUT2D eigenvalue weighted by atomic mass is 9.96. The number of carbonyl (C=O) groups excluding carboxylic acids is 1. The zero-order valence-corrected chi connectivity index (χ0v) is 12.7. The zero-order valence-electron chi connectivity index (χ0n) is 11.9. The highest BCUT2D eigenvalue weighted by Gasteiger charge is 2.27. The van der Waals surface area contributed by atoms with Crippen LogP contribution >= 0.6 is 12.2 Å². The third-order valence-electron chi connectivity index (χ3n) is 3.71. The average Bonchev–Trinajstić information content (AvgIpc) is 2.46. The molecule has 20 heavy (non-hydrogen) atoms. The number of rotatable bonds is 3. The van der Waals surface area contributed by atoms with Gasteiger partial charge in [0.2, 0.25) is 0 Å². The maximum Gasteiger partial charge on any atom is 0.310 e. The van der Waals surface area contributed by atoms with Crippen LogP contribution in [-0.4, -0.2) is 31.2 Å². The van der Waals surface area contributed by atoms with E-state index in [1.54, 1.807) is 0 Å². The summed E-state index contributed by atoms with van der Waals surface area (Å²) in [4.78, 5) is 14.3. The molecule has 1 aliphatic rings. The standard InChI is InChI=1S/C15H20N2O2S/c1-10-5-6-13(12(8-10)14(16)20)17-7-3-4-11(9-17)15(18)19-2/h5-6,8,11H,3-4,7,9H2,1-2H3,(H2,16,20). The molecule has 1 aromatic carbocycles. The Hall–Kier alpha value is -1.62. The fourth-order valence-electron chi connectivity index (χ4n) is 2.68. The van der Waals surface area contributed by atoms with E-state index < -0.39 is 0 Å². The van der Waals surface area contributed by atoms with E-state index in [0.29, 0.717) is 11.5 Å². The average molecular weight is 292 g/mol. The Morgan fingerprint density at radius 3 is 2.90 bits per heavy atom. The number of thiocarbonyl (C=S) groups is 1. The smallest absolute Gasteiger partial charge is 0.310 e. The first-order valence-corrected chi connectivity index (χ1v) is 7.17. The van der Waals surface area contributed by atoms with Gasteiger partial charge in [0.25, 0.3) is 0 Å². The van der Waals surface area contributed by atoms with Gasteiger partial charge < -0.3 is 15.4 Å². The number of esters is 1. The van der Waals surface area contributed by atoms with Gasteiger partial charge in [-0.3, -0.25) is 4.79 Å². The Morgan fingerprint density at radius 1 is 1.50 bits per heavy atom. The van der Waals surface area contributed by atoms with Crippen molar-refractivity contribution in [2.75, 3.05) is 25.1 Å². The third kappa shape index (κ3) is 3.10. The van der Waals surface area contributed by atoms with Crippen molar-refractivity contribution in [1.82, 2.24) is 0 Å². The van der Waals surface area contributed by atoms with E-state index >= 15 is 0 Å². The molecule has 1 saturated heterocycles. The summed E-state index contributed by atoms with van der Waals surface area (Å²) < 4.78 is 4.85. The van der Waals surface area contributed by atoms with Gasteiger partial charge in [-0.1, -0.05) is 23.8 Å². The molecular formula is C15H20N2O2S. The molecule has 1 fully saturated rings. The Bertz CT molecular complexity index is 531. The molecule has 0 amide bonds. The van der Waals surface area contributed by atoms with Crippen LogP contribution in [0.3, 0.4) is 0 Å². The molecule has 0 radical (unpaired) electrons. The van der Waals surface area contributed by atoms with Gasteiger partial charge in [0, 0.05) is 24.3 Å². The summed E-state index contributed by atoms with van der Waals surface area (Å²) in [7, 11) is 1.44. The van der Waals surface area contributed by atoms with Gasteiger partial charge in [0.1, 0.15) is 4.99 Å². The maximum absolute atomic E-state index is 11.7. The number of hydrogen-bond donors (Lipinski definition) is 1. The van der Waals surface area contributed by atoms with Crippen molar-refractivity contribution in [3.8, 4) is 0 Å². The molecule has 0 saturated carbocycles. The van der Waals surface area contributed by atoms with E-state index in [-0.39, 0.29) is 11.9 Å². The maximum atomic E-state index is 11.7. The highest BCUT2D eigenvalue weighted by Crippen LogP contribution is 2.27. The number of methoxy groups -OCH3 is 1. The van der Waals surface area contributed by atoms with Crippen molar-refractivity contribution in [2.45, 2.75) is 19.8 Å². The zero-order chi connectivity index (χ0) is 14.7. The van der Waals surface area contributed by atoms with E-state index in [1.807, 2.05) is 25.1 Å². The van der Waals surface area contributed by atoms with Crippen LogP contribution in [0.1, 0.15) is 24.0 Å². The number of benzene rings is 1. The number of aryl methyl sites for hydroxylation is 1. The van der Waals surface area contributed by atoms with Gasteiger partial charge in [-0.15, -0.1) is 0 Å². The molecule has 1 aliphatic heterocycles. The third-order valence-corrected chi connectivity index (χ3v) is 3.93. The monoisotopic (exact) mass is 292 g/mol. The number of anilines is 1. The summed E-state index contributed by atoms with van der Waals surface area (Å²) in [5.74, 6) is -0.215. The lowest BCUT2D eigenvalue weighted by molar-refractivity contribution is -0.145. The van der Waals surface area contributed by atoms with Gasteiger partial charge in [-0.05, 0) is 31.9 Å². The predicted molar refractivity (Wildman–Crippen MR) is 84.0 cm³/mol. The molecule has 1 heterocycles. The Balaban J connectivity index is 2.27. The van der Waals surface area contributed by atoms with Crippen LogP contribution in [0.5, 0.6) is 0 Å². The molecule has 2 rings (SSSR count). The van der Waals surface area contributed by atoms with Crippen LogP contribution in [0, 0.1) is 12.8 Å². The van der Waals surface area contributed by atoms with Gasteiger partial charge in [0.15, 0.2) is 0 Å². The molecule has 4 nitrogen and oxygen atoms in total. The minimum atomic E-state index is -0.140. The van der Waals surface area contributed by atoms with Gasteiger partial charge >= 0.3 is 5.97 Å². The van der Waals surface area contributed by atoms with Crippen molar-refractivity contribution in [3.63, 3.8) is 0 Å². The molecule has 1 unspecified atom stereocenters. The SMILES string of the molecule is COC(=O)C1CCCN(c2ccc(C)cc2C(N)=S)C1. The van der Waals surface area contributed by atoms with E-state index in [1.165, 1.54) is 7.11 Å². The first kappa shape index (κ1) is 14.8. The summed E-state index contributed by atoms with van der Waals surface area (Å²) in [6.07, 6.45) is 1.84. The molecule has 0 bridgehead atoms. The Morgan fingerprint density at radius 2 is 2.25 bits per heavy atom. The molecule has 0 aliphatic carbocycles. The topological polar surface area (TPSA) is 55.6 Å². The normalized spacial score (nSPS) is 18.7. The van der Waals surface area contributed by atoms with E-state index in [2.05, 4.69) is 4.90 Å². The summed E-state index contributed by atoms with van der Waals surface area (Å²) in [6.45, 7) is 3.58. The first-order valence-electron chi connectivity index (χ1n) is 6.76.